The Kier molecular flexibility index (Phi) is 6.85. The van der Waals surface area contributed by atoms with Gasteiger partial charge in [-0.1, -0.05) is 42.5 Å². The van der Waals surface area contributed by atoms with Crippen molar-refractivity contribution in [2.24, 2.45) is 0 Å². The van der Waals surface area contributed by atoms with Gasteiger partial charge in [-0.15, -0.1) is 0 Å². The molecule has 3 rings (SSSR count). The first-order valence-electron chi connectivity index (χ1n) is 9.56. The van der Waals surface area contributed by atoms with E-state index >= 15 is 0 Å². The van der Waals surface area contributed by atoms with Gasteiger partial charge in [0, 0.05) is 32.7 Å². The Morgan fingerprint density at radius 3 is 2.37 bits per heavy atom. The van der Waals surface area contributed by atoms with Crippen molar-refractivity contribution in [3.8, 4) is 5.75 Å². The Balaban J connectivity index is 1.76. The molecule has 5 heteroatoms. The third-order valence-electron chi connectivity index (χ3n) is 4.85. The van der Waals surface area contributed by atoms with Crippen LogP contribution in [0.1, 0.15) is 28.9 Å². The fourth-order valence-electron chi connectivity index (χ4n) is 3.25. The molecule has 1 aliphatic heterocycles. The summed E-state index contributed by atoms with van der Waals surface area (Å²) in [4.78, 5) is 17.6. The first-order chi connectivity index (χ1) is 13.2. The third-order valence-corrected chi connectivity index (χ3v) is 4.85. The number of benzene rings is 2. The van der Waals surface area contributed by atoms with Gasteiger partial charge < -0.3 is 14.4 Å². The fraction of sp³-hybridized carbons (Fsp3) is 0.409. The van der Waals surface area contributed by atoms with Crippen molar-refractivity contribution in [1.82, 2.24) is 9.80 Å². The summed E-state index contributed by atoms with van der Waals surface area (Å²) in [6, 6.07) is 17.2. The molecule has 1 aliphatic rings. The Morgan fingerprint density at radius 1 is 1.00 bits per heavy atom. The highest BCUT2D eigenvalue weighted by molar-refractivity contribution is 5.92. The Bertz CT molecular complexity index is 727. The molecule has 0 spiro atoms. The second-order valence-corrected chi connectivity index (χ2v) is 6.84. The van der Waals surface area contributed by atoms with Crippen LogP contribution in [0, 0.1) is 0 Å². The lowest BCUT2D eigenvalue weighted by molar-refractivity contribution is 0.0144. The van der Waals surface area contributed by atoms with Gasteiger partial charge in [0.15, 0.2) is 0 Å². The van der Waals surface area contributed by atoms with Gasteiger partial charge in [-0.2, -0.15) is 0 Å². The summed E-state index contributed by atoms with van der Waals surface area (Å²) >= 11 is 0. The maximum absolute atomic E-state index is 12.9. The van der Waals surface area contributed by atoms with Crippen LogP contribution in [0.5, 0.6) is 5.75 Å². The Hall–Kier alpha value is -2.37. The van der Waals surface area contributed by atoms with E-state index in [1.54, 1.807) is 12.1 Å². The SMILES string of the molecule is CCOc1ccccc1C(=O)OC(CN1CCN(C)CC1)c1ccccc1. The van der Waals surface area contributed by atoms with Crippen LogP contribution in [0.15, 0.2) is 54.6 Å². The van der Waals surface area contributed by atoms with Gasteiger partial charge in [-0.05, 0) is 31.7 Å². The number of ether oxygens (including phenoxy) is 2. The normalized spacial score (nSPS) is 16.7. The van der Waals surface area contributed by atoms with Crippen LogP contribution in [-0.4, -0.2) is 62.1 Å². The molecule has 0 saturated carbocycles. The number of carbonyl (C=O) groups excluding carboxylic acids is 1. The molecule has 0 bridgehead atoms. The second kappa shape index (κ2) is 9.53. The van der Waals surface area contributed by atoms with Crippen LogP contribution in [0.2, 0.25) is 0 Å². The van der Waals surface area contributed by atoms with E-state index in [9.17, 15) is 4.79 Å². The fourth-order valence-corrected chi connectivity index (χ4v) is 3.25. The third kappa shape index (κ3) is 5.31. The molecule has 0 aliphatic carbocycles. The number of hydrogen-bond acceptors (Lipinski definition) is 5. The van der Waals surface area contributed by atoms with Crippen LogP contribution < -0.4 is 4.74 Å². The zero-order valence-electron chi connectivity index (χ0n) is 16.1. The molecule has 1 fully saturated rings. The minimum atomic E-state index is -0.345. The number of esters is 1. The molecular formula is C22H28N2O3. The number of piperazine rings is 1. The largest absolute Gasteiger partial charge is 0.493 e. The van der Waals surface area contributed by atoms with Crippen molar-refractivity contribution in [2.45, 2.75) is 13.0 Å². The smallest absolute Gasteiger partial charge is 0.342 e. The monoisotopic (exact) mass is 368 g/mol. The molecule has 27 heavy (non-hydrogen) atoms. The lowest BCUT2D eigenvalue weighted by atomic mass is 10.1. The van der Waals surface area contributed by atoms with E-state index in [0.717, 1.165) is 31.7 Å². The van der Waals surface area contributed by atoms with Gasteiger partial charge in [0.1, 0.15) is 17.4 Å². The van der Waals surface area contributed by atoms with Crippen LogP contribution in [0.25, 0.3) is 0 Å². The molecule has 0 radical (unpaired) electrons. The van der Waals surface area contributed by atoms with Crippen molar-refractivity contribution in [3.63, 3.8) is 0 Å². The van der Waals surface area contributed by atoms with Gasteiger partial charge in [-0.25, -0.2) is 4.79 Å². The molecule has 1 heterocycles. The maximum Gasteiger partial charge on any atom is 0.342 e. The molecule has 0 N–H and O–H groups in total. The van der Waals surface area contributed by atoms with Crippen LogP contribution in [-0.2, 0) is 4.74 Å². The highest BCUT2D eigenvalue weighted by Crippen LogP contribution is 2.25. The highest BCUT2D eigenvalue weighted by atomic mass is 16.5. The minimum Gasteiger partial charge on any atom is -0.493 e. The average Bonchev–Trinajstić information content (AvgIpc) is 2.70. The van der Waals surface area contributed by atoms with Crippen LogP contribution in [0.3, 0.4) is 0 Å². The molecule has 0 aromatic heterocycles. The van der Waals surface area contributed by atoms with Crippen molar-refractivity contribution in [3.05, 3.63) is 65.7 Å². The van der Waals surface area contributed by atoms with Crippen LogP contribution in [0.4, 0.5) is 0 Å². The van der Waals surface area contributed by atoms with E-state index in [1.165, 1.54) is 0 Å². The summed E-state index contributed by atoms with van der Waals surface area (Å²) in [6.45, 7) is 7.13. The van der Waals surface area contributed by atoms with Crippen molar-refractivity contribution in [2.75, 3.05) is 46.4 Å². The van der Waals surface area contributed by atoms with E-state index in [2.05, 4.69) is 16.8 Å². The predicted molar refractivity (Wildman–Crippen MR) is 106 cm³/mol. The van der Waals surface area contributed by atoms with Gasteiger partial charge >= 0.3 is 5.97 Å². The minimum absolute atomic E-state index is 0.309. The molecule has 1 atom stereocenters. The van der Waals surface area contributed by atoms with E-state index in [0.29, 0.717) is 24.5 Å². The summed E-state index contributed by atoms with van der Waals surface area (Å²) in [5.74, 6) is 0.221. The number of carbonyl (C=O) groups is 1. The number of likely N-dealkylation sites (N-methyl/N-ethyl adjacent to an activating group) is 1. The molecular weight excluding hydrogens is 340 g/mol. The van der Waals surface area contributed by atoms with E-state index in [1.807, 2.05) is 49.4 Å². The standard InChI is InChI=1S/C22H28N2O3/c1-3-26-20-12-8-7-11-19(20)22(25)27-21(18-9-5-4-6-10-18)17-24-15-13-23(2)14-16-24/h4-12,21H,3,13-17H2,1-2H3. The van der Waals surface area contributed by atoms with Crippen molar-refractivity contribution < 1.29 is 14.3 Å². The molecule has 2 aromatic rings. The van der Waals surface area contributed by atoms with E-state index in [-0.39, 0.29) is 12.1 Å². The van der Waals surface area contributed by atoms with Gasteiger partial charge in [0.05, 0.1) is 6.61 Å². The predicted octanol–water partition coefficient (Wildman–Crippen LogP) is 3.23. The molecule has 2 aromatic carbocycles. The van der Waals surface area contributed by atoms with Gasteiger partial charge in [-0.3, -0.25) is 4.90 Å². The average molecular weight is 368 g/mol. The topological polar surface area (TPSA) is 42.0 Å². The molecule has 1 unspecified atom stereocenters. The zero-order chi connectivity index (χ0) is 19.1. The number of rotatable bonds is 7. The highest BCUT2D eigenvalue weighted by Gasteiger charge is 2.24. The lowest BCUT2D eigenvalue weighted by Crippen LogP contribution is -2.46. The van der Waals surface area contributed by atoms with Gasteiger partial charge in [0.25, 0.3) is 0 Å². The Morgan fingerprint density at radius 2 is 1.67 bits per heavy atom. The number of nitrogens with zero attached hydrogens (tertiary/aromatic N) is 2. The number of hydrogen-bond donors (Lipinski definition) is 0. The first kappa shape index (κ1) is 19.4. The van der Waals surface area contributed by atoms with E-state index in [4.69, 9.17) is 9.47 Å². The first-order valence-corrected chi connectivity index (χ1v) is 9.56. The molecule has 0 amide bonds. The summed E-state index contributed by atoms with van der Waals surface area (Å²) < 4.78 is 11.6. The maximum atomic E-state index is 12.9. The quantitative estimate of drug-likeness (QED) is 0.702. The second-order valence-electron chi connectivity index (χ2n) is 6.84. The van der Waals surface area contributed by atoms with Crippen molar-refractivity contribution in [1.29, 1.82) is 0 Å². The summed E-state index contributed by atoms with van der Waals surface area (Å²) in [6.07, 6.45) is -0.309. The van der Waals surface area contributed by atoms with E-state index < -0.39 is 0 Å². The van der Waals surface area contributed by atoms with Crippen LogP contribution >= 0.6 is 0 Å². The molecule has 5 nitrogen and oxygen atoms in total. The molecule has 144 valence electrons. The van der Waals surface area contributed by atoms with Gasteiger partial charge in [0.2, 0.25) is 0 Å². The molecule has 1 saturated heterocycles. The summed E-state index contributed by atoms with van der Waals surface area (Å²) in [7, 11) is 2.14. The summed E-state index contributed by atoms with van der Waals surface area (Å²) in [5.41, 5.74) is 1.48. The zero-order valence-corrected chi connectivity index (χ0v) is 16.1. The Labute approximate surface area is 161 Å². The lowest BCUT2D eigenvalue weighted by Gasteiger charge is -2.34. The summed E-state index contributed by atoms with van der Waals surface area (Å²) in [5, 5.41) is 0. The van der Waals surface area contributed by atoms with Crippen molar-refractivity contribution >= 4 is 5.97 Å². The number of para-hydroxylation sites is 1.